The summed E-state index contributed by atoms with van der Waals surface area (Å²) in [5.41, 5.74) is 0.987. The van der Waals surface area contributed by atoms with Gasteiger partial charge in [0.1, 0.15) is 0 Å². The third-order valence-corrected chi connectivity index (χ3v) is 5.47. The number of furan rings is 1. The lowest BCUT2D eigenvalue weighted by Gasteiger charge is -2.10. The largest absolute Gasteiger partial charge is 0.459 e. The number of ether oxygens (including phenoxy) is 2. The van der Waals surface area contributed by atoms with E-state index >= 15 is 0 Å². The highest BCUT2D eigenvalue weighted by atomic mass is 79.9. The third kappa shape index (κ3) is 4.26. The number of cyclic esters (lactones) is 1. The molecule has 0 amide bonds. The van der Waals surface area contributed by atoms with Crippen molar-refractivity contribution in [2.45, 2.75) is 0 Å². The molecule has 30 heavy (non-hydrogen) atoms. The minimum atomic E-state index is -0.597. The molecule has 1 aliphatic heterocycles. The molecule has 1 aromatic heterocycles. The quantitative estimate of drug-likeness (QED) is 0.225. The highest BCUT2D eigenvalue weighted by molar-refractivity contribution is 9.11. The van der Waals surface area contributed by atoms with Crippen LogP contribution in [0.25, 0.3) is 6.08 Å². The Morgan fingerprint density at radius 2 is 1.83 bits per heavy atom. The first kappa shape index (κ1) is 20.6. The van der Waals surface area contributed by atoms with Gasteiger partial charge in [-0.3, -0.25) is 0 Å². The van der Waals surface area contributed by atoms with Gasteiger partial charge in [0.2, 0.25) is 0 Å². The first-order valence-electron chi connectivity index (χ1n) is 8.44. The maximum absolute atomic E-state index is 12.4. The molecule has 1 aliphatic rings. The number of carbonyl (C=O) groups excluding carboxylic acids is 2. The number of rotatable bonds is 4. The zero-order valence-electron chi connectivity index (χ0n) is 14.9. The monoisotopic (exact) mass is 549 g/mol. The Balaban J connectivity index is 1.60. The molecule has 2 aromatic carbocycles. The molecule has 9 heteroatoms. The smallest absolute Gasteiger partial charge is 0.363 e. The molecule has 0 radical (unpaired) electrons. The number of benzene rings is 2. The van der Waals surface area contributed by atoms with Crippen LogP contribution in [0.2, 0.25) is 5.02 Å². The fraction of sp³-hybridized carbons (Fsp3) is 0. The van der Waals surface area contributed by atoms with E-state index < -0.39 is 11.9 Å². The van der Waals surface area contributed by atoms with Gasteiger partial charge < -0.3 is 13.9 Å². The van der Waals surface area contributed by atoms with Crippen LogP contribution in [0.5, 0.6) is 5.75 Å². The van der Waals surface area contributed by atoms with Crippen LogP contribution in [-0.2, 0) is 9.53 Å². The number of carbonyl (C=O) groups is 2. The minimum absolute atomic E-state index is 0.0969. The van der Waals surface area contributed by atoms with Gasteiger partial charge in [0.25, 0.3) is 5.90 Å². The average molecular weight is 552 g/mol. The van der Waals surface area contributed by atoms with E-state index in [4.69, 9.17) is 25.5 Å². The summed E-state index contributed by atoms with van der Waals surface area (Å²) in [6, 6.07) is 13.3. The second kappa shape index (κ2) is 8.59. The maximum atomic E-state index is 12.4. The summed E-state index contributed by atoms with van der Waals surface area (Å²) in [5, 5.41) is 0.293. The topological polar surface area (TPSA) is 78.1 Å². The van der Waals surface area contributed by atoms with Crippen molar-refractivity contribution in [1.29, 1.82) is 0 Å². The molecule has 0 aliphatic carbocycles. The summed E-state index contributed by atoms with van der Waals surface area (Å²) in [6.45, 7) is 0. The van der Waals surface area contributed by atoms with Crippen molar-refractivity contribution in [2.24, 2.45) is 4.99 Å². The van der Waals surface area contributed by atoms with Crippen molar-refractivity contribution >= 4 is 67.4 Å². The van der Waals surface area contributed by atoms with E-state index in [-0.39, 0.29) is 22.9 Å². The molecule has 0 fully saturated rings. The molecule has 3 aromatic rings. The Morgan fingerprint density at radius 3 is 2.50 bits per heavy atom. The van der Waals surface area contributed by atoms with Crippen molar-refractivity contribution in [3.05, 3.63) is 91.3 Å². The van der Waals surface area contributed by atoms with Gasteiger partial charge in [0.05, 0.1) is 25.8 Å². The SMILES string of the molecule is O=C1OC(c2ccco2)=N/C1=C\c1cc(Br)c(OC(=O)c2ccccc2Cl)c(Br)c1. The first-order valence-corrected chi connectivity index (χ1v) is 10.4. The second-order valence-corrected chi connectivity index (χ2v) is 8.11. The van der Waals surface area contributed by atoms with Crippen LogP contribution in [-0.4, -0.2) is 17.8 Å². The van der Waals surface area contributed by atoms with Gasteiger partial charge in [-0.25, -0.2) is 14.6 Å². The van der Waals surface area contributed by atoms with Crippen LogP contribution in [0.3, 0.4) is 0 Å². The third-order valence-electron chi connectivity index (χ3n) is 3.96. The van der Waals surface area contributed by atoms with Crippen LogP contribution in [0.1, 0.15) is 21.7 Å². The van der Waals surface area contributed by atoms with E-state index in [0.717, 1.165) is 0 Å². The fourth-order valence-corrected chi connectivity index (χ4v) is 4.20. The van der Waals surface area contributed by atoms with Gasteiger partial charge >= 0.3 is 11.9 Å². The summed E-state index contributed by atoms with van der Waals surface area (Å²) in [7, 11) is 0. The van der Waals surface area contributed by atoms with Gasteiger partial charge in [-0.1, -0.05) is 23.7 Å². The zero-order chi connectivity index (χ0) is 21.3. The molecule has 0 saturated carbocycles. The van der Waals surface area contributed by atoms with Gasteiger partial charge in [0, 0.05) is 0 Å². The molecule has 0 bridgehead atoms. The fourth-order valence-electron chi connectivity index (χ4n) is 2.61. The van der Waals surface area contributed by atoms with E-state index in [0.29, 0.717) is 25.3 Å². The normalized spacial score (nSPS) is 14.6. The van der Waals surface area contributed by atoms with Gasteiger partial charge in [-0.05, 0) is 79.9 Å². The molecule has 0 N–H and O–H groups in total. The molecule has 0 atom stereocenters. The highest BCUT2D eigenvalue weighted by Crippen LogP contribution is 2.36. The van der Waals surface area contributed by atoms with Crippen LogP contribution in [0.4, 0.5) is 0 Å². The Morgan fingerprint density at radius 1 is 1.10 bits per heavy atom. The molecule has 2 heterocycles. The van der Waals surface area contributed by atoms with Gasteiger partial charge in [0.15, 0.2) is 17.2 Å². The molecule has 6 nitrogen and oxygen atoms in total. The van der Waals surface area contributed by atoms with Crippen molar-refractivity contribution in [2.75, 3.05) is 0 Å². The molecule has 150 valence electrons. The van der Waals surface area contributed by atoms with E-state index in [1.807, 2.05) is 0 Å². The van der Waals surface area contributed by atoms with Gasteiger partial charge in [-0.2, -0.15) is 0 Å². The summed E-state index contributed by atoms with van der Waals surface area (Å²) in [4.78, 5) is 28.7. The summed E-state index contributed by atoms with van der Waals surface area (Å²) in [6.07, 6.45) is 3.01. The van der Waals surface area contributed by atoms with Gasteiger partial charge in [-0.15, -0.1) is 0 Å². The van der Waals surface area contributed by atoms with Crippen LogP contribution < -0.4 is 4.74 Å². The van der Waals surface area contributed by atoms with Crippen molar-refractivity contribution < 1.29 is 23.5 Å². The van der Waals surface area contributed by atoms with Crippen molar-refractivity contribution in [1.82, 2.24) is 0 Å². The van der Waals surface area contributed by atoms with E-state index in [9.17, 15) is 9.59 Å². The van der Waals surface area contributed by atoms with Crippen LogP contribution in [0.15, 0.2) is 78.8 Å². The van der Waals surface area contributed by atoms with E-state index in [1.54, 1.807) is 54.6 Å². The number of halogens is 3. The van der Waals surface area contributed by atoms with Crippen LogP contribution in [0, 0.1) is 0 Å². The van der Waals surface area contributed by atoms with E-state index in [1.165, 1.54) is 6.26 Å². The number of hydrogen-bond acceptors (Lipinski definition) is 6. The summed E-state index contributed by atoms with van der Waals surface area (Å²) in [5.74, 6) is -0.463. The molecule has 0 unspecified atom stereocenters. The lowest BCUT2D eigenvalue weighted by Crippen LogP contribution is -2.10. The lowest BCUT2D eigenvalue weighted by atomic mass is 10.2. The molecule has 4 rings (SSSR count). The number of esters is 2. The molecule has 0 spiro atoms. The number of nitrogens with zero attached hydrogens (tertiary/aromatic N) is 1. The van der Waals surface area contributed by atoms with Crippen molar-refractivity contribution in [3.63, 3.8) is 0 Å². The number of hydrogen-bond donors (Lipinski definition) is 0. The first-order chi connectivity index (χ1) is 14.4. The van der Waals surface area contributed by atoms with E-state index in [2.05, 4.69) is 36.9 Å². The Hall–Kier alpha value is -2.68. The van der Waals surface area contributed by atoms with Crippen molar-refractivity contribution in [3.8, 4) is 5.75 Å². The predicted octanol–water partition coefficient (Wildman–Crippen LogP) is 6.02. The molecular formula is C21H10Br2ClNO5. The zero-order valence-corrected chi connectivity index (χ0v) is 18.8. The Kier molecular flexibility index (Phi) is 5.90. The van der Waals surface area contributed by atoms with Crippen LogP contribution >= 0.6 is 43.5 Å². The highest BCUT2D eigenvalue weighted by Gasteiger charge is 2.26. The minimum Gasteiger partial charge on any atom is -0.459 e. The standard InChI is InChI=1S/C21H10Br2ClNO5/c22-13-8-11(10-16-21(27)30-19(25-16)17-6-3-7-28-17)9-14(23)18(13)29-20(26)12-4-1-2-5-15(12)24/h1-10H/b16-10-. The molecular weight excluding hydrogens is 541 g/mol. The number of aliphatic imine (C=N–C) groups is 1. The predicted molar refractivity (Wildman–Crippen MR) is 118 cm³/mol. The lowest BCUT2D eigenvalue weighted by molar-refractivity contribution is -0.130. The molecule has 0 saturated heterocycles. The summed E-state index contributed by atoms with van der Waals surface area (Å²) >= 11 is 12.8. The second-order valence-electron chi connectivity index (χ2n) is 6.00. The Labute approximate surface area is 192 Å². The Bertz CT molecular complexity index is 1190. The summed E-state index contributed by atoms with van der Waals surface area (Å²) < 4.78 is 16.8. The maximum Gasteiger partial charge on any atom is 0.363 e. The average Bonchev–Trinajstić information content (AvgIpc) is 3.35.